The number of sulfonamides is 1. The molecule has 2 aliphatic heterocycles. The lowest BCUT2D eigenvalue weighted by molar-refractivity contribution is 0.0724. The van der Waals surface area contributed by atoms with Crippen molar-refractivity contribution in [2.45, 2.75) is 43.1 Å². The second kappa shape index (κ2) is 7.94. The first kappa shape index (κ1) is 19.1. The van der Waals surface area contributed by atoms with Crippen molar-refractivity contribution >= 4 is 15.9 Å². The second-order valence-corrected chi connectivity index (χ2v) is 8.76. The van der Waals surface area contributed by atoms with Crippen LogP contribution in [-0.4, -0.2) is 68.0 Å². The number of carbonyl (C=O) groups is 1. The Morgan fingerprint density at radius 2 is 1.77 bits per heavy atom. The summed E-state index contributed by atoms with van der Waals surface area (Å²) < 4.78 is 32.7. The summed E-state index contributed by atoms with van der Waals surface area (Å²) in [6, 6.07) is 4.59. The Kier molecular flexibility index (Phi) is 5.84. The van der Waals surface area contributed by atoms with E-state index in [2.05, 4.69) is 0 Å². The Balaban J connectivity index is 1.91. The van der Waals surface area contributed by atoms with Crippen LogP contribution in [0.1, 0.15) is 42.5 Å². The highest BCUT2D eigenvalue weighted by Gasteiger charge is 2.32. The molecule has 0 radical (unpaired) electrons. The van der Waals surface area contributed by atoms with Crippen LogP contribution in [0.15, 0.2) is 23.1 Å². The van der Waals surface area contributed by atoms with Crippen molar-refractivity contribution in [3.63, 3.8) is 0 Å². The van der Waals surface area contributed by atoms with Crippen LogP contribution in [0.4, 0.5) is 0 Å². The van der Waals surface area contributed by atoms with E-state index in [-0.39, 0.29) is 29.6 Å². The number of aliphatic hydroxyl groups is 1. The molecular weight excluding hydrogens is 356 g/mol. The topological polar surface area (TPSA) is 87.2 Å². The van der Waals surface area contributed by atoms with Gasteiger partial charge in [-0.15, -0.1) is 0 Å². The van der Waals surface area contributed by atoms with Gasteiger partial charge in [-0.25, -0.2) is 8.42 Å². The number of rotatable bonds is 4. The Labute approximate surface area is 154 Å². The van der Waals surface area contributed by atoms with Gasteiger partial charge in [-0.05, 0) is 50.3 Å². The molecule has 1 N–H and O–H groups in total. The van der Waals surface area contributed by atoms with Crippen LogP contribution in [0.2, 0.25) is 0 Å². The summed E-state index contributed by atoms with van der Waals surface area (Å²) in [5, 5.41) is 9.63. The summed E-state index contributed by atoms with van der Waals surface area (Å²) in [7, 11) is -2.37. The van der Waals surface area contributed by atoms with Crippen molar-refractivity contribution in [2.24, 2.45) is 0 Å². The van der Waals surface area contributed by atoms with Gasteiger partial charge in [0.05, 0.1) is 13.2 Å². The normalized spacial score (nSPS) is 20.2. The number of piperidine rings is 2. The molecule has 1 aromatic carbocycles. The van der Waals surface area contributed by atoms with E-state index >= 15 is 0 Å². The monoisotopic (exact) mass is 382 g/mol. The summed E-state index contributed by atoms with van der Waals surface area (Å²) in [6.07, 6.45) is 3.43. The predicted molar refractivity (Wildman–Crippen MR) is 96.7 cm³/mol. The highest BCUT2D eigenvalue weighted by Crippen LogP contribution is 2.30. The Bertz CT molecular complexity index is 751. The van der Waals surface area contributed by atoms with Crippen molar-refractivity contribution in [1.82, 2.24) is 9.21 Å². The van der Waals surface area contributed by atoms with Gasteiger partial charge >= 0.3 is 0 Å². The number of methoxy groups -OCH3 is 1. The van der Waals surface area contributed by atoms with Crippen molar-refractivity contribution < 1.29 is 23.1 Å². The van der Waals surface area contributed by atoms with Crippen LogP contribution in [0.5, 0.6) is 5.75 Å². The number of benzene rings is 1. The maximum atomic E-state index is 13.1. The van der Waals surface area contributed by atoms with Gasteiger partial charge in [-0.3, -0.25) is 4.79 Å². The fourth-order valence-corrected chi connectivity index (χ4v) is 5.16. The van der Waals surface area contributed by atoms with E-state index in [4.69, 9.17) is 4.74 Å². The first-order chi connectivity index (χ1) is 12.4. The molecule has 0 aliphatic carbocycles. The van der Waals surface area contributed by atoms with Crippen LogP contribution in [0.3, 0.4) is 0 Å². The van der Waals surface area contributed by atoms with Gasteiger partial charge in [0, 0.05) is 31.7 Å². The third-order valence-corrected chi connectivity index (χ3v) is 7.01. The standard InChI is InChI=1S/C18H26N2O5S/c1-25-16-6-5-14(18(22)19-9-3-2-4-10-19)13-17(16)26(23,24)20-11-7-15(21)8-12-20/h5-6,13,15,21H,2-4,7-12H2,1H3. The molecule has 26 heavy (non-hydrogen) atoms. The quantitative estimate of drug-likeness (QED) is 0.852. The number of likely N-dealkylation sites (tertiary alicyclic amines) is 1. The summed E-state index contributed by atoms with van der Waals surface area (Å²) in [4.78, 5) is 14.5. The Morgan fingerprint density at radius 3 is 2.38 bits per heavy atom. The molecule has 0 spiro atoms. The lowest BCUT2D eigenvalue weighted by atomic mass is 10.1. The molecule has 0 saturated carbocycles. The third-order valence-electron chi connectivity index (χ3n) is 5.10. The van der Waals surface area contributed by atoms with Gasteiger partial charge in [-0.1, -0.05) is 0 Å². The van der Waals surface area contributed by atoms with Gasteiger partial charge in [0.1, 0.15) is 10.6 Å². The molecule has 7 nitrogen and oxygen atoms in total. The zero-order valence-electron chi connectivity index (χ0n) is 15.1. The maximum absolute atomic E-state index is 13.1. The molecule has 1 aromatic rings. The average molecular weight is 382 g/mol. The van der Waals surface area contributed by atoms with Gasteiger partial charge in [0.25, 0.3) is 5.91 Å². The number of hydrogen-bond donors (Lipinski definition) is 1. The summed E-state index contributed by atoms with van der Waals surface area (Å²) in [5.74, 6) is 0.0872. The number of aliphatic hydroxyl groups excluding tert-OH is 1. The Morgan fingerprint density at radius 1 is 1.12 bits per heavy atom. The number of carbonyl (C=O) groups excluding carboxylic acids is 1. The highest BCUT2D eigenvalue weighted by molar-refractivity contribution is 7.89. The fourth-order valence-electron chi connectivity index (χ4n) is 3.51. The van der Waals surface area contributed by atoms with E-state index < -0.39 is 16.1 Å². The highest BCUT2D eigenvalue weighted by atomic mass is 32.2. The van der Waals surface area contributed by atoms with Crippen molar-refractivity contribution in [3.8, 4) is 5.75 Å². The van der Waals surface area contributed by atoms with Gasteiger partial charge in [0.15, 0.2) is 0 Å². The average Bonchev–Trinajstić information content (AvgIpc) is 2.68. The van der Waals surface area contributed by atoms with Crippen LogP contribution < -0.4 is 4.74 Å². The van der Waals surface area contributed by atoms with E-state index in [1.54, 1.807) is 17.0 Å². The third kappa shape index (κ3) is 3.87. The molecule has 0 bridgehead atoms. The summed E-state index contributed by atoms with van der Waals surface area (Å²) >= 11 is 0. The molecule has 0 atom stereocenters. The zero-order valence-corrected chi connectivity index (χ0v) is 15.9. The lowest BCUT2D eigenvalue weighted by Crippen LogP contribution is -2.40. The van der Waals surface area contributed by atoms with E-state index in [0.29, 0.717) is 31.5 Å². The lowest BCUT2D eigenvalue weighted by Gasteiger charge is -2.30. The molecule has 0 aromatic heterocycles. The molecular formula is C18H26N2O5S. The van der Waals surface area contributed by atoms with Gasteiger partial charge < -0.3 is 14.7 Å². The number of amides is 1. The fraction of sp³-hybridized carbons (Fsp3) is 0.611. The number of ether oxygens (including phenoxy) is 1. The Hall–Kier alpha value is -1.64. The first-order valence-corrected chi connectivity index (χ1v) is 10.5. The van der Waals surface area contributed by atoms with Crippen LogP contribution in [0, 0.1) is 0 Å². The zero-order chi connectivity index (χ0) is 18.7. The van der Waals surface area contributed by atoms with Gasteiger partial charge in [-0.2, -0.15) is 4.31 Å². The first-order valence-electron chi connectivity index (χ1n) is 9.09. The minimum atomic E-state index is -3.79. The van der Waals surface area contributed by atoms with Crippen LogP contribution in [-0.2, 0) is 10.0 Å². The van der Waals surface area contributed by atoms with E-state index in [9.17, 15) is 18.3 Å². The summed E-state index contributed by atoms with van der Waals surface area (Å²) in [6.45, 7) is 1.93. The second-order valence-electron chi connectivity index (χ2n) is 6.85. The van der Waals surface area contributed by atoms with Crippen LogP contribution in [0.25, 0.3) is 0 Å². The van der Waals surface area contributed by atoms with Crippen molar-refractivity contribution in [3.05, 3.63) is 23.8 Å². The minimum Gasteiger partial charge on any atom is -0.495 e. The maximum Gasteiger partial charge on any atom is 0.253 e. The molecule has 3 rings (SSSR count). The van der Waals surface area contributed by atoms with E-state index in [1.165, 1.54) is 17.5 Å². The SMILES string of the molecule is COc1ccc(C(=O)N2CCCCC2)cc1S(=O)(=O)N1CCC(O)CC1. The minimum absolute atomic E-state index is 0.0132. The molecule has 2 aliphatic rings. The number of nitrogens with zero attached hydrogens (tertiary/aromatic N) is 2. The molecule has 0 unspecified atom stereocenters. The largest absolute Gasteiger partial charge is 0.495 e. The van der Waals surface area contributed by atoms with Crippen molar-refractivity contribution in [2.75, 3.05) is 33.3 Å². The molecule has 2 saturated heterocycles. The van der Waals surface area contributed by atoms with Crippen molar-refractivity contribution in [1.29, 1.82) is 0 Å². The molecule has 8 heteroatoms. The van der Waals surface area contributed by atoms with Gasteiger partial charge in [0.2, 0.25) is 10.0 Å². The molecule has 2 heterocycles. The summed E-state index contributed by atoms with van der Waals surface area (Å²) in [5.41, 5.74) is 0.364. The molecule has 1 amide bonds. The smallest absolute Gasteiger partial charge is 0.253 e. The van der Waals surface area contributed by atoms with E-state index in [1.807, 2.05) is 0 Å². The predicted octanol–water partition coefficient (Wildman–Crippen LogP) is 1.47. The van der Waals surface area contributed by atoms with Crippen LogP contribution >= 0.6 is 0 Å². The molecule has 144 valence electrons. The van der Waals surface area contributed by atoms with E-state index in [0.717, 1.165) is 19.3 Å². The molecule has 2 fully saturated rings. The number of hydrogen-bond acceptors (Lipinski definition) is 5.